The summed E-state index contributed by atoms with van der Waals surface area (Å²) in [5, 5.41) is 15.1. The summed E-state index contributed by atoms with van der Waals surface area (Å²) in [4.78, 5) is 12.1. The quantitative estimate of drug-likeness (QED) is 0.444. The maximum atomic E-state index is 10.9. The molecule has 2 rings (SSSR count). The second kappa shape index (κ2) is 8.33. The SMILES string of the molecule is COc1ccc(Cl)cc1CN(C)C(=S)Nc1cc([N+](=O)[O-])ccc1Cl. The Kier molecular flexibility index (Phi) is 6.41. The summed E-state index contributed by atoms with van der Waals surface area (Å²) in [5.74, 6) is 0.687. The van der Waals surface area contributed by atoms with Crippen LogP contribution in [0.15, 0.2) is 36.4 Å². The average molecular weight is 400 g/mol. The number of thiocarbonyl (C=S) groups is 1. The average Bonchev–Trinajstić information content (AvgIpc) is 2.56. The first-order chi connectivity index (χ1) is 11.8. The van der Waals surface area contributed by atoms with Crippen LogP contribution in [0.1, 0.15) is 5.56 Å². The van der Waals surface area contributed by atoms with E-state index < -0.39 is 4.92 Å². The third kappa shape index (κ3) is 4.94. The van der Waals surface area contributed by atoms with Crippen molar-refractivity contribution in [2.24, 2.45) is 0 Å². The molecule has 0 heterocycles. The molecule has 2 aromatic carbocycles. The first-order valence-corrected chi connectivity index (χ1v) is 8.26. The highest BCUT2D eigenvalue weighted by Gasteiger charge is 2.14. The van der Waals surface area contributed by atoms with Gasteiger partial charge in [0, 0.05) is 36.3 Å². The summed E-state index contributed by atoms with van der Waals surface area (Å²) in [6.07, 6.45) is 0. The van der Waals surface area contributed by atoms with Gasteiger partial charge in [-0.3, -0.25) is 10.1 Å². The maximum Gasteiger partial charge on any atom is 0.271 e. The third-order valence-corrected chi connectivity index (χ3v) is 4.38. The molecular weight excluding hydrogens is 385 g/mol. The van der Waals surface area contributed by atoms with Crippen molar-refractivity contribution in [2.75, 3.05) is 19.5 Å². The number of rotatable bonds is 5. The molecular formula is C16H15Cl2N3O3S. The molecule has 0 fully saturated rings. The zero-order valence-electron chi connectivity index (χ0n) is 13.5. The Bertz CT molecular complexity index is 817. The number of ether oxygens (including phenoxy) is 1. The van der Waals surface area contributed by atoms with Crippen molar-refractivity contribution in [3.05, 3.63) is 62.1 Å². The normalized spacial score (nSPS) is 10.2. The van der Waals surface area contributed by atoms with Gasteiger partial charge in [-0.15, -0.1) is 0 Å². The van der Waals surface area contributed by atoms with E-state index in [1.807, 2.05) is 0 Å². The van der Waals surface area contributed by atoms with E-state index in [2.05, 4.69) is 5.32 Å². The van der Waals surface area contributed by atoms with Gasteiger partial charge in [0.05, 0.1) is 22.7 Å². The van der Waals surface area contributed by atoms with Gasteiger partial charge < -0.3 is 15.0 Å². The molecule has 0 bridgehead atoms. The van der Waals surface area contributed by atoms with Crippen LogP contribution < -0.4 is 10.1 Å². The van der Waals surface area contributed by atoms with Crippen molar-refractivity contribution in [3.63, 3.8) is 0 Å². The van der Waals surface area contributed by atoms with Crippen LogP contribution in [-0.4, -0.2) is 29.1 Å². The van der Waals surface area contributed by atoms with Gasteiger partial charge >= 0.3 is 0 Å². The molecule has 25 heavy (non-hydrogen) atoms. The van der Waals surface area contributed by atoms with Crippen LogP contribution in [-0.2, 0) is 6.54 Å². The number of anilines is 1. The Labute approximate surface area is 160 Å². The predicted molar refractivity (Wildman–Crippen MR) is 104 cm³/mol. The van der Waals surface area contributed by atoms with Crippen molar-refractivity contribution in [1.29, 1.82) is 0 Å². The Morgan fingerprint density at radius 3 is 2.68 bits per heavy atom. The van der Waals surface area contributed by atoms with E-state index >= 15 is 0 Å². The van der Waals surface area contributed by atoms with Crippen molar-refractivity contribution < 1.29 is 9.66 Å². The van der Waals surface area contributed by atoms with E-state index in [1.54, 1.807) is 37.3 Å². The van der Waals surface area contributed by atoms with Gasteiger partial charge in [0.2, 0.25) is 0 Å². The lowest BCUT2D eigenvalue weighted by Crippen LogP contribution is -2.30. The number of nitrogens with one attached hydrogen (secondary N) is 1. The molecule has 0 aliphatic heterocycles. The lowest BCUT2D eigenvalue weighted by atomic mass is 10.2. The molecule has 0 saturated heterocycles. The minimum Gasteiger partial charge on any atom is -0.496 e. The number of hydrogen-bond donors (Lipinski definition) is 1. The first-order valence-electron chi connectivity index (χ1n) is 7.10. The summed E-state index contributed by atoms with van der Waals surface area (Å²) in [5.41, 5.74) is 1.14. The van der Waals surface area contributed by atoms with Crippen LogP contribution >= 0.6 is 35.4 Å². The molecule has 6 nitrogen and oxygen atoms in total. The maximum absolute atomic E-state index is 10.9. The van der Waals surface area contributed by atoms with Crippen LogP contribution in [0.25, 0.3) is 0 Å². The second-order valence-corrected chi connectivity index (χ2v) is 6.39. The molecule has 0 unspecified atom stereocenters. The number of nitro benzene ring substituents is 1. The van der Waals surface area contributed by atoms with E-state index in [4.69, 9.17) is 40.2 Å². The van der Waals surface area contributed by atoms with Crippen LogP contribution in [0.5, 0.6) is 5.75 Å². The molecule has 0 amide bonds. The highest BCUT2D eigenvalue weighted by Crippen LogP contribution is 2.28. The van der Waals surface area contributed by atoms with Crippen LogP contribution in [0.2, 0.25) is 10.0 Å². The van der Waals surface area contributed by atoms with Gasteiger partial charge in [0.25, 0.3) is 5.69 Å². The van der Waals surface area contributed by atoms with Crippen molar-refractivity contribution in [1.82, 2.24) is 4.90 Å². The molecule has 132 valence electrons. The minimum atomic E-state index is -0.495. The molecule has 0 saturated carbocycles. The summed E-state index contributed by atoms with van der Waals surface area (Å²) in [6.45, 7) is 0.433. The summed E-state index contributed by atoms with van der Waals surface area (Å²) in [7, 11) is 3.35. The molecule has 0 aliphatic carbocycles. The van der Waals surface area contributed by atoms with E-state index in [0.29, 0.717) is 33.1 Å². The third-order valence-electron chi connectivity index (χ3n) is 3.40. The van der Waals surface area contributed by atoms with Gasteiger partial charge in [-0.25, -0.2) is 0 Å². The Hall–Kier alpha value is -2.09. The number of hydrogen-bond acceptors (Lipinski definition) is 4. The van der Waals surface area contributed by atoms with Gasteiger partial charge in [-0.05, 0) is 36.5 Å². The summed E-state index contributed by atoms with van der Waals surface area (Å²) < 4.78 is 5.32. The molecule has 0 aliphatic rings. The van der Waals surface area contributed by atoms with Crippen LogP contribution in [0.3, 0.4) is 0 Å². The lowest BCUT2D eigenvalue weighted by Gasteiger charge is -2.22. The van der Waals surface area contributed by atoms with Crippen LogP contribution in [0, 0.1) is 10.1 Å². The van der Waals surface area contributed by atoms with E-state index in [0.717, 1.165) is 5.56 Å². The summed E-state index contributed by atoms with van der Waals surface area (Å²) in [6, 6.07) is 9.42. The molecule has 0 aromatic heterocycles. The first kappa shape index (κ1) is 19.2. The number of benzene rings is 2. The minimum absolute atomic E-state index is 0.0751. The van der Waals surface area contributed by atoms with E-state index in [9.17, 15) is 10.1 Å². The fourth-order valence-electron chi connectivity index (χ4n) is 2.13. The van der Waals surface area contributed by atoms with Gasteiger partial charge in [-0.2, -0.15) is 0 Å². The highest BCUT2D eigenvalue weighted by molar-refractivity contribution is 7.80. The standard InChI is InChI=1S/C16H15Cl2N3O3S/c1-20(9-10-7-11(17)3-6-15(10)24-2)16(25)19-14-8-12(21(22)23)4-5-13(14)18/h3-8H,9H2,1-2H3,(H,19,25). The number of non-ortho nitro benzene ring substituents is 1. The highest BCUT2D eigenvalue weighted by atomic mass is 35.5. The monoisotopic (exact) mass is 399 g/mol. The zero-order chi connectivity index (χ0) is 18.6. The fraction of sp³-hybridized carbons (Fsp3) is 0.188. The van der Waals surface area contributed by atoms with Crippen molar-refractivity contribution >= 4 is 51.9 Å². The Morgan fingerprint density at radius 1 is 1.32 bits per heavy atom. The lowest BCUT2D eigenvalue weighted by molar-refractivity contribution is -0.384. The van der Waals surface area contributed by atoms with Gasteiger partial charge in [0.1, 0.15) is 5.75 Å². The topological polar surface area (TPSA) is 67.6 Å². The molecule has 0 radical (unpaired) electrons. The summed E-state index contributed by atoms with van der Waals surface area (Å²) >= 11 is 17.5. The number of nitrogens with zero attached hydrogens (tertiary/aromatic N) is 2. The molecule has 2 aromatic rings. The predicted octanol–water partition coefficient (Wildman–Crippen LogP) is 4.74. The molecule has 9 heteroatoms. The number of halogens is 2. The van der Waals surface area contributed by atoms with E-state index in [1.165, 1.54) is 18.2 Å². The van der Waals surface area contributed by atoms with E-state index in [-0.39, 0.29) is 5.69 Å². The second-order valence-electron chi connectivity index (χ2n) is 5.16. The molecule has 1 N–H and O–H groups in total. The number of methoxy groups -OCH3 is 1. The number of nitro groups is 1. The molecule has 0 spiro atoms. The fourth-order valence-corrected chi connectivity index (χ4v) is 2.67. The molecule has 0 atom stereocenters. The zero-order valence-corrected chi connectivity index (χ0v) is 15.8. The van der Waals surface area contributed by atoms with Crippen molar-refractivity contribution in [3.8, 4) is 5.75 Å². The largest absolute Gasteiger partial charge is 0.496 e. The smallest absolute Gasteiger partial charge is 0.271 e. The Morgan fingerprint density at radius 2 is 2.04 bits per heavy atom. The van der Waals surface area contributed by atoms with Crippen LogP contribution in [0.4, 0.5) is 11.4 Å². The Balaban J connectivity index is 2.15. The van der Waals surface area contributed by atoms with Gasteiger partial charge in [0.15, 0.2) is 5.11 Å². The van der Waals surface area contributed by atoms with Gasteiger partial charge in [-0.1, -0.05) is 23.2 Å². The van der Waals surface area contributed by atoms with Crippen molar-refractivity contribution in [2.45, 2.75) is 6.54 Å².